The molecule has 0 aliphatic heterocycles. The van der Waals surface area contributed by atoms with Crippen molar-refractivity contribution < 1.29 is 4.39 Å². The van der Waals surface area contributed by atoms with Crippen molar-refractivity contribution in [1.82, 2.24) is 4.98 Å². The van der Waals surface area contributed by atoms with Crippen molar-refractivity contribution >= 4 is 44.6 Å². The molecule has 1 aromatic carbocycles. The highest BCUT2D eigenvalue weighted by Crippen LogP contribution is 2.31. The van der Waals surface area contributed by atoms with E-state index in [1.807, 2.05) is 0 Å². The second-order valence-electron chi connectivity index (χ2n) is 3.37. The molecule has 0 fully saturated rings. The van der Waals surface area contributed by atoms with Crippen molar-refractivity contribution in [1.29, 1.82) is 0 Å². The Labute approximate surface area is 111 Å². The molecule has 0 bridgehead atoms. The van der Waals surface area contributed by atoms with Gasteiger partial charge >= 0.3 is 0 Å². The molecule has 3 nitrogen and oxygen atoms in total. The predicted molar refractivity (Wildman–Crippen MR) is 71.0 cm³/mol. The number of halogens is 3. The molecule has 2 rings (SSSR count). The Bertz CT molecular complexity index is 522. The molecule has 6 heteroatoms. The number of aromatic nitrogens is 1. The first-order valence-corrected chi connectivity index (χ1v) is 5.85. The number of anilines is 3. The van der Waals surface area contributed by atoms with E-state index in [2.05, 4.69) is 26.2 Å². The Morgan fingerprint density at radius 3 is 2.71 bits per heavy atom. The van der Waals surface area contributed by atoms with Crippen LogP contribution < -0.4 is 11.1 Å². The maximum absolute atomic E-state index is 13.2. The fraction of sp³-hybridized carbons (Fsp3) is 0. The molecule has 2 aromatic rings. The van der Waals surface area contributed by atoms with E-state index in [0.29, 0.717) is 26.6 Å². The predicted octanol–water partition coefficient (Wildman–Crippen LogP) is 3.96. The third-order valence-corrected chi connectivity index (χ3v) is 2.88. The smallest absolute Gasteiger partial charge is 0.126 e. The molecule has 0 saturated carbocycles. The van der Waals surface area contributed by atoms with Crippen molar-refractivity contribution in [3.05, 3.63) is 45.9 Å². The second-order valence-corrected chi connectivity index (χ2v) is 4.66. The van der Waals surface area contributed by atoms with Gasteiger partial charge in [0.1, 0.15) is 5.82 Å². The fourth-order valence-electron chi connectivity index (χ4n) is 1.35. The first-order chi connectivity index (χ1) is 8.06. The van der Waals surface area contributed by atoms with Gasteiger partial charge in [-0.1, -0.05) is 11.6 Å². The van der Waals surface area contributed by atoms with Crippen LogP contribution in [0.15, 0.2) is 35.1 Å². The molecule has 0 spiro atoms. The molecule has 0 aliphatic rings. The molecule has 0 saturated heterocycles. The molecule has 3 N–H and O–H groups in total. The van der Waals surface area contributed by atoms with Crippen LogP contribution in [0.3, 0.4) is 0 Å². The maximum Gasteiger partial charge on any atom is 0.126 e. The van der Waals surface area contributed by atoms with Gasteiger partial charge in [-0.15, -0.1) is 0 Å². The summed E-state index contributed by atoms with van der Waals surface area (Å²) in [6.07, 6.45) is 3.10. The monoisotopic (exact) mass is 315 g/mol. The van der Waals surface area contributed by atoms with Crippen LogP contribution in [0.4, 0.5) is 21.5 Å². The minimum Gasteiger partial charge on any atom is -0.396 e. The van der Waals surface area contributed by atoms with Crippen LogP contribution in [-0.4, -0.2) is 4.98 Å². The van der Waals surface area contributed by atoms with E-state index < -0.39 is 5.82 Å². The van der Waals surface area contributed by atoms with Crippen LogP contribution in [0.1, 0.15) is 0 Å². The number of nitrogen functional groups attached to an aromatic ring is 1. The molecule has 0 aliphatic carbocycles. The van der Waals surface area contributed by atoms with E-state index >= 15 is 0 Å². The average molecular weight is 317 g/mol. The fourth-order valence-corrected chi connectivity index (χ4v) is 2.02. The van der Waals surface area contributed by atoms with Gasteiger partial charge in [-0.2, -0.15) is 0 Å². The molecule has 0 atom stereocenters. The summed E-state index contributed by atoms with van der Waals surface area (Å²) in [6.45, 7) is 0. The maximum atomic E-state index is 13.2. The summed E-state index contributed by atoms with van der Waals surface area (Å²) in [6, 6.07) is 4.17. The highest BCUT2D eigenvalue weighted by atomic mass is 79.9. The van der Waals surface area contributed by atoms with Gasteiger partial charge in [0, 0.05) is 16.9 Å². The van der Waals surface area contributed by atoms with Crippen molar-refractivity contribution in [3.63, 3.8) is 0 Å². The molecule has 0 amide bonds. The van der Waals surface area contributed by atoms with Crippen molar-refractivity contribution in [3.8, 4) is 0 Å². The summed E-state index contributed by atoms with van der Waals surface area (Å²) in [5.74, 6) is -0.413. The lowest BCUT2D eigenvalue weighted by atomic mass is 10.2. The van der Waals surface area contributed by atoms with Gasteiger partial charge in [0.2, 0.25) is 0 Å². The van der Waals surface area contributed by atoms with E-state index in [1.165, 1.54) is 18.3 Å². The summed E-state index contributed by atoms with van der Waals surface area (Å²) in [4.78, 5) is 3.91. The van der Waals surface area contributed by atoms with E-state index in [1.54, 1.807) is 12.3 Å². The van der Waals surface area contributed by atoms with Crippen LogP contribution in [0.5, 0.6) is 0 Å². The van der Waals surface area contributed by atoms with E-state index in [0.717, 1.165) is 0 Å². The minimum atomic E-state index is -0.413. The normalized spacial score (nSPS) is 10.3. The van der Waals surface area contributed by atoms with E-state index in [4.69, 9.17) is 17.3 Å². The first kappa shape index (κ1) is 12.1. The largest absolute Gasteiger partial charge is 0.396 e. The van der Waals surface area contributed by atoms with Gasteiger partial charge < -0.3 is 11.1 Å². The summed E-state index contributed by atoms with van der Waals surface area (Å²) >= 11 is 9.07. The molecule has 0 unspecified atom stereocenters. The zero-order chi connectivity index (χ0) is 12.4. The molecule has 1 aromatic heterocycles. The number of rotatable bonds is 2. The number of hydrogen-bond donors (Lipinski definition) is 2. The zero-order valence-electron chi connectivity index (χ0n) is 8.55. The molecule has 17 heavy (non-hydrogen) atoms. The molecule has 0 radical (unpaired) electrons. The first-order valence-electron chi connectivity index (χ1n) is 4.68. The summed E-state index contributed by atoms with van der Waals surface area (Å²) in [5, 5.41) is 3.30. The van der Waals surface area contributed by atoms with Crippen molar-refractivity contribution in [2.75, 3.05) is 11.1 Å². The number of nitrogens with two attached hydrogens (primary N) is 1. The number of nitrogens with one attached hydrogen (secondary N) is 1. The number of hydrogen-bond acceptors (Lipinski definition) is 3. The Hall–Kier alpha value is -1.33. The summed E-state index contributed by atoms with van der Waals surface area (Å²) in [5.41, 5.74) is 7.37. The van der Waals surface area contributed by atoms with Crippen LogP contribution in [0, 0.1) is 5.82 Å². The zero-order valence-corrected chi connectivity index (χ0v) is 10.9. The number of nitrogens with zero attached hydrogens (tertiary/aromatic N) is 1. The van der Waals surface area contributed by atoms with Crippen molar-refractivity contribution in [2.24, 2.45) is 0 Å². The van der Waals surface area contributed by atoms with Crippen LogP contribution in [0.2, 0.25) is 5.02 Å². The Kier molecular flexibility index (Phi) is 3.49. The molecule has 88 valence electrons. The highest BCUT2D eigenvalue weighted by Gasteiger charge is 2.06. The lowest BCUT2D eigenvalue weighted by Crippen LogP contribution is -1.98. The van der Waals surface area contributed by atoms with Gasteiger partial charge in [0.05, 0.1) is 22.0 Å². The van der Waals surface area contributed by atoms with Gasteiger partial charge in [-0.3, -0.25) is 4.98 Å². The second kappa shape index (κ2) is 4.89. The van der Waals surface area contributed by atoms with Crippen LogP contribution in [0.25, 0.3) is 0 Å². The number of benzene rings is 1. The van der Waals surface area contributed by atoms with Gasteiger partial charge in [-0.05, 0) is 34.1 Å². The SMILES string of the molecule is Nc1cncc(Br)c1Nc1cc(F)cc(Cl)c1. The van der Waals surface area contributed by atoms with Crippen molar-refractivity contribution in [2.45, 2.75) is 0 Å². The Morgan fingerprint density at radius 1 is 1.29 bits per heavy atom. The van der Waals surface area contributed by atoms with E-state index in [-0.39, 0.29) is 0 Å². The highest BCUT2D eigenvalue weighted by molar-refractivity contribution is 9.10. The van der Waals surface area contributed by atoms with Crippen LogP contribution in [-0.2, 0) is 0 Å². The Balaban J connectivity index is 2.38. The lowest BCUT2D eigenvalue weighted by molar-refractivity contribution is 0.628. The van der Waals surface area contributed by atoms with E-state index in [9.17, 15) is 4.39 Å². The minimum absolute atomic E-state index is 0.316. The lowest BCUT2D eigenvalue weighted by Gasteiger charge is -2.11. The van der Waals surface area contributed by atoms with Gasteiger partial charge in [0.25, 0.3) is 0 Å². The average Bonchev–Trinajstić information content (AvgIpc) is 2.22. The Morgan fingerprint density at radius 2 is 2.06 bits per heavy atom. The third-order valence-electron chi connectivity index (χ3n) is 2.06. The van der Waals surface area contributed by atoms with Gasteiger partial charge in [-0.25, -0.2) is 4.39 Å². The topological polar surface area (TPSA) is 50.9 Å². The van der Waals surface area contributed by atoms with Crippen LogP contribution >= 0.6 is 27.5 Å². The molecule has 1 heterocycles. The third kappa shape index (κ3) is 2.87. The summed E-state index contributed by atoms with van der Waals surface area (Å²) < 4.78 is 13.8. The standard InChI is InChI=1S/C11H8BrClFN3/c12-9-4-16-5-10(15)11(9)17-8-2-6(13)1-7(14)3-8/h1-5H,15H2,(H,16,17). The quantitative estimate of drug-likeness (QED) is 0.881. The van der Waals surface area contributed by atoms with Gasteiger partial charge in [0.15, 0.2) is 0 Å². The molecular formula is C11H8BrClFN3. The summed E-state index contributed by atoms with van der Waals surface area (Å²) in [7, 11) is 0. The number of pyridine rings is 1. The molecular weight excluding hydrogens is 308 g/mol.